The molecule has 1 amide bonds. The Kier molecular flexibility index (Phi) is 4.71. The predicted octanol–water partition coefficient (Wildman–Crippen LogP) is 1.09. The first kappa shape index (κ1) is 13.7. The molecule has 0 unspecified atom stereocenters. The molecule has 0 saturated heterocycles. The van der Waals surface area contributed by atoms with Crippen molar-refractivity contribution in [3.63, 3.8) is 0 Å². The quantitative estimate of drug-likeness (QED) is 0.565. The number of nitrogen functional groups attached to an aromatic ring is 1. The third-order valence-electron chi connectivity index (χ3n) is 1.91. The van der Waals surface area contributed by atoms with Crippen LogP contribution in [0.15, 0.2) is 0 Å². The van der Waals surface area contributed by atoms with E-state index in [1.807, 2.05) is 0 Å². The largest absolute Gasteiger partial charge is 0.382 e. The zero-order valence-corrected chi connectivity index (χ0v) is 10.9. The van der Waals surface area contributed by atoms with E-state index in [-0.39, 0.29) is 23.2 Å². The Labute approximate surface area is 108 Å². The standard InChI is InChI=1S/C9H12ClN5OS/c1-4-7(10)15-6(8(12)14-4)9(16)13-3-5(11)17-2/h11H,3H2,1-2H3,(H2,12,14)(H,13,16). The van der Waals surface area contributed by atoms with Gasteiger partial charge in [0.15, 0.2) is 16.7 Å². The summed E-state index contributed by atoms with van der Waals surface area (Å²) in [6.07, 6.45) is 1.76. The summed E-state index contributed by atoms with van der Waals surface area (Å²) < 4.78 is 0. The molecule has 8 heteroatoms. The van der Waals surface area contributed by atoms with Gasteiger partial charge in [0.2, 0.25) is 0 Å². The molecular formula is C9H12ClN5OS. The zero-order chi connectivity index (χ0) is 13.0. The van der Waals surface area contributed by atoms with Crippen LogP contribution in [-0.4, -0.2) is 33.7 Å². The third kappa shape index (κ3) is 3.57. The van der Waals surface area contributed by atoms with Crippen molar-refractivity contribution < 1.29 is 4.79 Å². The molecule has 4 N–H and O–H groups in total. The average molecular weight is 274 g/mol. The first-order valence-corrected chi connectivity index (χ1v) is 6.25. The number of anilines is 1. The van der Waals surface area contributed by atoms with E-state index in [1.54, 1.807) is 13.2 Å². The highest BCUT2D eigenvalue weighted by Gasteiger charge is 2.15. The van der Waals surface area contributed by atoms with Crippen LogP contribution in [-0.2, 0) is 0 Å². The minimum atomic E-state index is -0.490. The van der Waals surface area contributed by atoms with Crippen LogP contribution in [0.1, 0.15) is 16.2 Å². The SMILES string of the molecule is CSC(=N)CNC(=O)c1nc(Cl)c(C)nc1N. The molecule has 0 aliphatic carbocycles. The molecule has 6 nitrogen and oxygen atoms in total. The predicted molar refractivity (Wildman–Crippen MR) is 69.8 cm³/mol. The summed E-state index contributed by atoms with van der Waals surface area (Å²) in [5.41, 5.74) is 6.03. The maximum absolute atomic E-state index is 11.7. The number of aromatic nitrogens is 2. The van der Waals surface area contributed by atoms with Gasteiger partial charge in [-0.15, -0.1) is 11.8 Å². The molecule has 0 aliphatic rings. The molecule has 0 fully saturated rings. The average Bonchev–Trinajstić information content (AvgIpc) is 2.30. The molecular weight excluding hydrogens is 262 g/mol. The fourth-order valence-electron chi connectivity index (χ4n) is 1.000. The molecule has 92 valence electrons. The van der Waals surface area contributed by atoms with Crippen LogP contribution in [0.2, 0.25) is 5.15 Å². The number of carbonyl (C=O) groups is 1. The van der Waals surface area contributed by atoms with E-state index in [4.69, 9.17) is 22.7 Å². The Morgan fingerprint density at radius 2 is 2.24 bits per heavy atom. The lowest BCUT2D eigenvalue weighted by Crippen LogP contribution is -2.29. The number of nitrogens with one attached hydrogen (secondary N) is 2. The van der Waals surface area contributed by atoms with Crippen molar-refractivity contribution >= 4 is 40.1 Å². The van der Waals surface area contributed by atoms with Gasteiger partial charge in [-0.05, 0) is 13.2 Å². The highest BCUT2D eigenvalue weighted by molar-refractivity contribution is 8.13. The van der Waals surface area contributed by atoms with Gasteiger partial charge in [-0.2, -0.15) is 0 Å². The Bertz CT molecular complexity index is 465. The normalized spacial score (nSPS) is 10.1. The van der Waals surface area contributed by atoms with Crippen LogP contribution in [0, 0.1) is 12.3 Å². The Hall–Kier alpha value is -1.34. The second kappa shape index (κ2) is 5.83. The fourth-order valence-corrected chi connectivity index (χ4v) is 1.34. The van der Waals surface area contributed by atoms with Gasteiger partial charge in [0.25, 0.3) is 5.91 Å². The minimum absolute atomic E-state index is 0.0190. The first-order valence-electron chi connectivity index (χ1n) is 4.65. The van der Waals surface area contributed by atoms with E-state index in [1.165, 1.54) is 11.8 Å². The summed E-state index contributed by atoms with van der Waals surface area (Å²) in [5.74, 6) is -0.462. The molecule has 0 atom stereocenters. The maximum Gasteiger partial charge on any atom is 0.274 e. The Balaban J connectivity index is 2.82. The van der Waals surface area contributed by atoms with Crippen LogP contribution in [0.25, 0.3) is 0 Å². The van der Waals surface area contributed by atoms with Gasteiger partial charge in [0.1, 0.15) is 0 Å². The van der Waals surface area contributed by atoms with Crippen LogP contribution in [0.4, 0.5) is 5.82 Å². The summed E-state index contributed by atoms with van der Waals surface area (Å²) in [6, 6.07) is 0. The lowest BCUT2D eigenvalue weighted by molar-refractivity contribution is 0.0955. The third-order valence-corrected chi connectivity index (χ3v) is 2.91. The second-order valence-electron chi connectivity index (χ2n) is 3.14. The van der Waals surface area contributed by atoms with Gasteiger partial charge in [-0.3, -0.25) is 10.2 Å². The second-order valence-corrected chi connectivity index (χ2v) is 4.40. The number of thioether (sulfide) groups is 1. The summed E-state index contributed by atoms with van der Waals surface area (Å²) in [5, 5.41) is 10.4. The van der Waals surface area contributed by atoms with Crippen molar-refractivity contribution in [2.75, 3.05) is 18.5 Å². The highest BCUT2D eigenvalue weighted by Crippen LogP contribution is 2.14. The van der Waals surface area contributed by atoms with E-state index >= 15 is 0 Å². The van der Waals surface area contributed by atoms with E-state index in [0.717, 1.165) is 0 Å². The topological polar surface area (TPSA) is 105 Å². The van der Waals surface area contributed by atoms with Crippen molar-refractivity contribution in [3.8, 4) is 0 Å². The molecule has 0 bridgehead atoms. The van der Waals surface area contributed by atoms with Crippen molar-refractivity contribution in [1.29, 1.82) is 5.41 Å². The zero-order valence-electron chi connectivity index (χ0n) is 9.37. The van der Waals surface area contributed by atoms with Crippen molar-refractivity contribution in [3.05, 3.63) is 16.5 Å². The Morgan fingerprint density at radius 1 is 1.59 bits per heavy atom. The molecule has 0 aromatic carbocycles. The van der Waals surface area contributed by atoms with Gasteiger partial charge in [-0.1, -0.05) is 11.6 Å². The number of hydrogen-bond acceptors (Lipinski definition) is 6. The fraction of sp³-hybridized carbons (Fsp3) is 0.333. The summed E-state index contributed by atoms with van der Waals surface area (Å²) in [7, 11) is 0. The molecule has 1 aromatic heterocycles. The van der Waals surface area contributed by atoms with Gasteiger partial charge in [0.05, 0.1) is 17.3 Å². The molecule has 1 aromatic rings. The minimum Gasteiger partial charge on any atom is -0.382 e. The van der Waals surface area contributed by atoms with Crippen LogP contribution >= 0.6 is 23.4 Å². The van der Waals surface area contributed by atoms with E-state index < -0.39 is 5.91 Å². The number of aryl methyl sites for hydroxylation is 1. The molecule has 17 heavy (non-hydrogen) atoms. The molecule has 0 radical (unpaired) electrons. The van der Waals surface area contributed by atoms with Crippen molar-refractivity contribution in [1.82, 2.24) is 15.3 Å². The summed E-state index contributed by atoms with van der Waals surface area (Å²) in [4.78, 5) is 19.5. The number of nitrogens with two attached hydrogens (primary N) is 1. The van der Waals surface area contributed by atoms with Gasteiger partial charge in [-0.25, -0.2) is 9.97 Å². The number of rotatable bonds is 3. The lowest BCUT2D eigenvalue weighted by Gasteiger charge is -2.07. The lowest BCUT2D eigenvalue weighted by atomic mass is 10.3. The van der Waals surface area contributed by atoms with Crippen LogP contribution in [0.3, 0.4) is 0 Å². The first-order chi connectivity index (χ1) is 7.95. The van der Waals surface area contributed by atoms with Crippen LogP contribution in [0.5, 0.6) is 0 Å². The number of carbonyl (C=O) groups excluding carboxylic acids is 1. The molecule has 0 spiro atoms. The highest BCUT2D eigenvalue weighted by atomic mass is 35.5. The number of halogens is 1. The monoisotopic (exact) mass is 273 g/mol. The summed E-state index contributed by atoms with van der Waals surface area (Å²) >= 11 is 7.01. The van der Waals surface area contributed by atoms with E-state index in [0.29, 0.717) is 10.7 Å². The van der Waals surface area contributed by atoms with E-state index in [9.17, 15) is 4.79 Å². The Morgan fingerprint density at radius 3 is 2.82 bits per heavy atom. The number of hydrogen-bond donors (Lipinski definition) is 3. The van der Waals surface area contributed by atoms with E-state index in [2.05, 4.69) is 15.3 Å². The summed E-state index contributed by atoms with van der Waals surface area (Å²) in [6.45, 7) is 1.78. The van der Waals surface area contributed by atoms with Gasteiger partial charge in [0, 0.05) is 0 Å². The van der Waals surface area contributed by atoms with Gasteiger partial charge >= 0.3 is 0 Å². The number of amides is 1. The maximum atomic E-state index is 11.7. The van der Waals surface area contributed by atoms with Gasteiger partial charge < -0.3 is 11.1 Å². The smallest absolute Gasteiger partial charge is 0.274 e. The molecule has 1 rings (SSSR count). The van der Waals surface area contributed by atoms with Crippen molar-refractivity contribution in [2.24, 2.45) is 0 Å². The number of nitrogens with zero attached hydrogens (tertiary/aromatic N) is 2. The van der Waals surface area contributed by atoms with Crippen molar-refractivity contribution in [2.45, 2.75) is 6.92 Å². The molecule has 1 heterocycles. The molecule has 0 saturated carbocycles. The molecule has 0 aliphatic heterocycles. The van der Waals surface area contributed by atoms with Crippen LogP contribution < -0.4 is 11.1 Å².